The highest BCUT2D eigenvalue weighted by atomic mass is 79.9. The molecule has 3 atom stereocenters. The van der Waals surface area contributed by atoms with Crippen LogP contribution in [0.25, 0.3) is 0 Å². The lowest BCUT2D eigenvalue weighted by molar-refractivity contribution is -0.144. The number of halogens is 1. The van der Waals surface area contributed by atoms with Crippen LogP contribution in [0, 0.1) is 5.92 Å². The molecule has 0 saturated heterocycles. The Morgan fingerprint density at radius 1 is 1.58 bits per heavy atom. The number of aliphatic hydroxyl groups is 1. The first kappa shape index (κ1) is 14.5. The van der Waals surface area contributed by atoms with E-state index in [4.69, 9.17) is 4.74 Å². The third-order valence-electron chi connectivity index (χ3n) is 3.74. The summed E-state index contributed by atoms with van der Waals surface area (Å²) in [5, 5.41) is 10.0. The molecule has 1 aliphatic carbocycles. The number of fused-ring (bicyclic) bond motifs is 1. The van der Waals surface area contributed by atoms with Crippen LogP contribution in [0.1, 0.15) is 37.3 Å². The fourth-order valence-corrected chi connectivity index (χ4v) is 3.58. The Kier molecular flexibility index (Phi) is 4.63. The number of benzene rings is 1. The number of rotatable bonds is 4. The Morgan fingerprint density at radius 3 is 2.95 bits per heavy atom. The summed E-state index contributed by atoms with van der Waals surface area (Å²) in [6.07, 6.45) is 0.713. The van der Waals surface area contributed by atoms with E-state index >= 15 is 0 Å². The van der Waals surface area contributed by atoms with Crippen LogP contribution in [0.5, 0.6) is 0 Å². The SMILES string of the molecule is CCOC(=O)CC1Cc2c(Br)cccc2C1C(C)O. The van der Waals surface area contributed by atoms with E-state index in [9.17, 15) is 9.90 Å². The van der Waals surface area contributed by atoms with Crippen molar-refractivity contribution in [1.82, 2.24) is 0 Å². The van der Waals surface area contributed by atoms with E-state index in [1.54, 1.807) is 6.92 Å². The van der Waals surface area contributed by atoms with Gasteiger partial charge in [-0.25, -0.2) is 0 Å². The molecule has 0 spiro atoms. The molecule has 0 radical (unpaired) electrons. The van der Waals surface area contributed by atoms with Gasteiger partial charge in [-0.15, -0.1) is 0 Å². The standard InChI is InChI=1S/C15H19BrO3/c1-3-19-14(18)8-10-7-12-11(15(10)9(2)17)5-4-6-13(12)16/h4-6,9-10,15,17H,3,7-8H2,1-2H3. The Morgan fingerprint density at radius 2 is 2.32 bits per heavy atom. The van der Waals surface area contributed by atoms with Crippen molar-refractivity contribution < 1.29 is 14.6 Å². The minimum atomic E-state index is -0.463. The predicted molar refractivity (Wildman–Crippen MR) is 77.0 cm³/mol. The third kappa shape index (κ3) is 3.00. The summed E-state index contributed by atoms with van der Waals surface area (Å²) in [5.41, 5.74) is 2.36. The topological polar surface area (TPSA) is 46.5 Å². The van der Waals surface area contributed by atoms with Crippen molar-refractivity contribution in [3.63, 3.8) is 0 Å². The number of carbonyl (C=O) groups is 1. The van der Waals surface area contributed by atoms with Crippen LogP contribution in [0.4, 0.5) is 0 Å². The van der Waals surface area contributed by atoms with Crippen molar-refractivity contribution >= 4 is 21.9 Å². The average molecular weight is 327 g/mol. The molecule has 19 heavy (non-hydrogen) atoms. The summed E-state index contributed by atoms with van der Waals surface area (Å²) in [6, 6.07) is 6.03. The van der Waals surface area contributed by atoms with Gasteiger partial charge in [-0.05, 0) is 43.4 Å². The van der Waals surface area contributed by atoms with Crippen LogP contribution in [0.3, 0.4) is 0 Å². The van der Waals surface area contributed by atoms with E-state index in [1.165, 1.54) is 5.56 Å². The van der Waals surface area contributed by atoms with E-state index in [0.717, 1.165) is 16.5 Å². The van der Waals surface area contributed by atoms with Crippen LogP contribution in [-0.4, -0.2) is 23.8 Å². The molecule has 0 amide bonds. The number of hydrogen-bond acceptors (Lipinski definition) is 3. The van der Waals surface area contributed by atoms with Crippen LogP contribution in [-0.2, 0) is 16.0 Å². The highest BCUT2D eigenvalue weighted by Crippen LogP contribution is 2.44. The molecule has 2 rings (SSSR count). The van der Waals surface area contributed by atoms with Crippen molar-refractivity contribution in [3.05, 3.63) is 33.8 Å². The molecule has 0 saturated carbocycles. The van der Waals surface area contributed by atoms with Crippen molar-refractivity contribution in [2.45, 2.75) is 38.7 Å². The van der Waals surface area contributed by atoms with E-state index in [-0.39, 0.29) is 17.8 Å². The predicted octanol–water partition coefficient (Wildman–Crippen LogP) is 3.04. The summed E-state index contributed by atoms with van der Waals surface area (Å²) in [7, 11) is 0. The molecule has 0 fully saturated rings. The first-order valence-corrected chi connectivity index (χ1v) is 7.44. The number of hydrogen-bond donors (Lipinski definition) is 1. The van der Waals surface area contributed by atoms with Crippen LogP contribution in [0.15, 0.2) is 22.7 Å². The van der Waals surface area contributed by atoms with Gasteiger partial charge in [0.05, 0.1) is 12.7 Å². The van der Waals surface area contributed by atoms with Crippen LogP contribution >= 0.6 is 15.9 Å². The van der Waals surface area contributed by atoms with Crippen LogP contribution in [0.2, 0.25) is 0 Å². The Hall–Kier alpha value is -0.870. The highest BCUT2D eigenvalue weighted by molar-refractivity contribution is 9.10. The maximum atomic E-state index is 11.7. The molecule has 1 aromatic carbocycles. The molecule has 0 bridgehead atoms. The number of ether oxygens (including phenoxy) is 1. The maximum Gasteiger partial charge on any atom is 0.306 e. The van der Waals surface area contributed by atoms with Gasteiger partial charge in [-0.1, -0.05) is 28.1 Å². The molecule has 0 aromatic heterocycles. The van der Waals surface area contributed by atoms with Gasteiger partial charge in [0.2, 0.25) is 0 Å². The first-order valence-electron chi connectivity index (χ1n) is 6.65. The van der Waals surface area contributed by atoms with Gasteiger partial charge >= 0.3 is 5.97 Å². The number of aliphatic hydroxyl groups excluding tert-OH is 1. The quantitative estimate of drug-likeness (QED) is 0.865. The van der Waals surface area contributed by atoms with E-state index in [2.05, 4.69) is 15.9 Å². The van der Waals surface area contributed by atoms with E-state index in [0.29, 0.717) is 13.0 Å². The van der Waals surface area contributed by atoms with Crippen molar-refractivity contribution in [2.24, 2.45) is 5.92 Å². The first-order chi connectivity index (χ1) is 9.04. The van der Waals surface area contributed by atoms with Gasteiger partial charge in [0.1, 0.15) is 0 Å². The zero-order valence-electron chi connectivity index (χ0n) is 11.2. The van der Waals surface area contributed by atoms with E-state index in [1.807, 2.05) is 25.1 Å². The second-order valence-corrected chi connectivity index (χ2v) is 5.90. The van der Waals surface area contributed by atoms with Gasteiger partial charge in [-0.3, -0.25) is 4.79 Å². The normalized spacial score (nSPS) is 22.9. The van der Waals surface area contributed by atoms with Crippen molar-refractivity contribution in [3.8, 4) is 0 Å². The number of carbonyl (C=O) groups excluding carboxylic acids is 1. The monoisotopic (exact) mass is 326 g/mol. The van der Waals surface area contributed by atoms with Gasteiger partial charge in [0, 0.05) is 16.8 Å². The Balaban J connectivity index is 2.24. The van der Waals surface area contributed by atoms with Gasteiger partial charge in [0.25, 0.3) is 0 Å². The molecular weight excluding hydrogens is 308 g/mol. The van der Waals surface area contributed by atoms with Gasteiger partial charge in [0.15, 0.2) is 0 Å². The molecular formula is C15H19BrO3. The van der Waals surface area contributed by atoms with E-state index < -0.39 is 6.10 Å². The Bertz CT molecular complexity index is 470. The zero-order valence-corrected chi connectivity index (χ0v) is 12.8. The second kappa shape index (κ2) is 6.06. The largest absolute Gasteiger partial charge is 0.466 e. The van der Waals surface area contributed by atoms with Crippen LogP contribution < -0.4 is 0 Å². The van der Waals surface area contributed by atoms with Crippen molar-refractivity contribution in [2.75, 3.05) is 6.61 Å². The van der Waals surface area contributed by atoms with Gasteiger partial charge in [-0.2, -0.15) is 0 Å². The maximum absolute atomic E-state index is 11.7. The lowest BCUT2D eigenvalue weighted by Gasteiger charge is -2.22. The molecule has 1 aromatic rings. The molecule has 104 valence electrons. The third-order valence-corrected chi connectivity index (χ3v) is 4.49. The zero-order chi connectivity index (χ0) is 14.0. The van der Waals surface area contributed by atoms with Gasteiger partial charge < -0.3 is 9.84 Å². The summed E-state index contributed by atoms with van der Waals surface area (Å²) >= 11 is 3.55. The molecule has 3 unspecified atom stereocenters. The lowest BCUT2D eigenvalue weighted by atomic mass is 9.86. The number of esters is 1. The molecule has 4 heteroatoms. The minimum Gasteiger partial charge on any atom is -0.466 e. The summed E-state index contributed by atoms with van der Waals surface area (Å²) < 4.78 is 6.09. The molecule has 0 heterocycles. The smallest absolute Gasteiger partial charge is 0.306 e. The Labute approximate surface area is 122 Å². The summed E-state index contributed by atoms with van der Waals surface area (Å²) in [5.74, 6) is -0.0493. The lowest BCUT2D eigenvalue weighted by Crippen LogP contribution is -2.23. The average Bonchev–Trinajstić information content (AvgIpc) is 2.68. The fraction of sp³-hybridized carbons (Fsp3) is 0.533. The molecule has 1 aliphatic rings. The summed E-state index contributed by atoms with van der Waals surface area (Å²) in [6.45, 7) is 4.00. The fourth-order valence-electron chi connectivity index (χ4n) is 3.03. The van der Waals surface area contributed by atoms with Crippen molar-refractivity contribution in [1.29, 1.82) is 0 Å². The highest BCUT2D eigenvalue weighted by Gasteiger charge is 2.37. The molecule has 3 nitrogen and oxygen atoms in total. The second-order valence-electron chi connectivity index (χ2n) is 5.05. The summed E-state index contributed by atoms with van der Waals surface area (Å²) in [4.78, 5) is 11.7. The molecule has 1 N–H and O–H groups in total. The minimum absolute atomic E-state index is 0.0110. The molecule has 0 aliphatic heterocycles.